The topological polar surface area (TPSA) is 122 Å². The number of aromatic nitrogens is 4. The number of nitrogens with one attached hydrogen (secondary N) is 2. The smallest absolute Gasteiger partial charge is 0.411 e. The lowest BCUT2D eigenvalue weighted by atomic mass is 10.0. The Bertz CT molecular complexity index is 1760. The average molecular weight is 574 g/mol. The predicted octanol–water partition coefficient (Wildman–Crippen LogP) is 6.42. The Morgan fingerprint density at radius 1 is 1.10 bits per heavy atom. The minimum absolute atomic E-state index is 0.252. The zero-order valence-corrected chi connectivity index (χ0v) is 23.5. The van der Waals surface area contributed by atoms with E-state index in [-0.39, 0.29) is 17.4 Å². The molecule has 6 rings (SSSR count). The number of pyridine rings is 1. The van der Waals surface area contributed by atoms with Gasteiger partial charge in [-0.1, -0.05) is 29.8 Å². The second-order valence-corrected chi connectivity index (χ2v) is 11.1. The highest BCUT2D eigenvalue weighted by Gasteiger charge is 2.34. The molecule has 41 heavy (non-hydrogen) atoms. The number of aromatic amines is 2. The van der Waals surface area contributed by atoms with E-state index in [0.717, 1.165) is 0 Å². The van der Waals surface area contributed by atoms with E-state index in [1.165, 1.54) is 0 Å². The molecule has 1 aliphatic heterocycles. The molecular formula is C30H28ClN5O5. The van der Waals surface area contributed by atoms with Crippen molar-refractivity contribution in [3.8, 4) is 11.5 Å². The fourth-order valence-corrected chi connectivity index (χ4v) is 5.06. The Hall–Kier alpha value is -4.41. The van der Waals surface area contributed by atoms with E-state index in [4.69, 9.17) is 30.8 Å². The van der Waals surface area contributed by atoms with Crippen LogP contribution in [0.25, 0.3) is 22.1 Å². The summed E-state index contributed by atoms with van der Waals surface area (Å²) in [6, 6.07) is 13.8. The monoisotopic (exact) mass is 573 g/mol. The van der Waals surface area contributed by atoms with Crippen molar-refractivity contribution in [2.75, 3.05) is 19.8 Å². The van der Waals surface area contributed by atoms with Gasteiger partial charge in [0.1, 0.15) is 40.1 Å². The summed E-state index contributed by atoms with van der Waals surface area (Å²) in [5.41, 5.74) is 1.74. The normalized spacial score (nSPS) is 15.8. The molecule has 2 aromatic carbocycles. The summed E-state index contributed by atoms with van der Waals surface area (Å²) in [5.74, 6) is 1.41. The molecule has 1 atom stereocenters. The van der Waals surface area contributed by atoms with E-state index in [1.807, 2.05) is 51.1 Å². The molecule has 5 aromatic rings. The van der Waals surface area contributed by atoms with Crippen molar-refractivity contribution in [2.45, 2.75) is 32.4 Å². The highest BCUT2D eigenvalue weighted by Crippen LogP contribution is 2.33. The van der Waals surface area contributed by atoms with Crippen molar-refractivity contribution < 1.29 is 23.8 Å². The first-order chi connectivity index (χ1) is 19.7. The number of amides is 1. The Morgan fingerprint density at radius 3 is 2.66 bits per heavy atom. The van der Waals surface area contributed by atoms with Crippen LogP contribution in [-0.4, -0.2) is 62.1 Å². The quantitative estimate of drug-likeness (QED) is 0.232. The van der Waals surface area contributed by atoms with Gasteiger partial charge in [-0.2, -0.15) is 0 Å². The molecule has 1 saturated heterocycles. The summed E-state index contributed by atoms with van der Waals surface area (Å²) in [7, 11) is 0. The summed E-state index contributed by atoms with van der Waals surface area (Å²) in [6.45, 7) is 6.48. The van der Waals surface area contributed by atoms with Crippen molar-refractivity contribution in [1.29, 1.82) is 0 Å². The van der Waals surface area contributed by atoms with E-state index in [0.29, 0.717) is 63.7 Å². The number of halogens is 1. The highest BCUT2D eigenvalue weighted by molar-refractivity contribution is 6.36. The molecule has 210 valence electrons. The highest BCUT2D eigenvalue weighted by atomic mass is 35.5. The van der Waals surface area contributed by atoms with E-state index in [2.05, 4.69) is 15.0 Å². The number of hydrogen-bond acceptors (Lipinski definition) is 7. The van der Waals surface area contributed by atoms with E-state index in [1.54, 1.807) is 35.5 Å². The third-order valence-electron chi connectivity index (χ3n) is 6.66. The lowest BCUT2D eigenvalue weighted by Gasteiger charge is -2.35. The van der Waals surface area contributed by atoms with Gasteiger partial charge < -0.3 is 24.2 Å². The number of ketones is 1. The van der Waals surface area contributed by atoms with Crippen molar-refractivity contribution in [3.63, 3.8) is 0 Å². The summed E-state index contributed by atoms with van der Waals surface area (Å²) in [5, 5.41) is 0.836. The van der Waals surface area contributed by atoms with Crippen LogP contribution in [0, 0.1) is 0 Å². The van der Waals surface area contributed by atoms with Gasteiger partial charge in [0, 0.05) is 24.4 Å². The Labute approximate surface area is 240 Å². The first-order valence-corrected chi connectivity index (χ1v) is 13.6. The van der Waals surface area contributed by atoms with Gasteiger partial charge in [0.2, 0.25) is 0 Å². The summed E-state index contributed by atoms with van der Waals surface area (Å²) in [4.78, 5) is 43.9. The number of hydrogen-bond donors (Lipinski definition) is 2. The number of H-pyrrole nitrogens is 2. The third kappa shape index (κ3) is 5.36. The van der Waals surface area contributed by atoms with Gasteiger partial charge in [0.15, 0.2) is 5.78 Å². The molecular weight excluding hydrogens is 546 g/mol. The van der Waals surface area contributed by atoms with Crippen LogP contribution in [0.15, 0.2) is 60.9 Å². The van der Waals surface area contributed by atoms with Gasteiger partial charge in [-0.05, 0) is 45.0 Å². The zero-order chi connectivity index (χ0) is 28.7. The van der Waals surface area contributed by atoms with Crippen LogP contribution >= 0.6 is 11.6 Å². The summed E-state index contributed by atoms with van der Waals surface area (Å²) < 4.78 is 17.2. The maximum Gasteiger partial charge on any atom is 0.411 e. The fourth-order valence-electron chi connectivity index (χ4n) is 4.80. The Balaban J connectivity index is 1.34. The predicted molar refractivity (Wildman–Crippen MR) is 154 cm³/mol. The number of carbonyl (C=O) groups excluding carboxylic acids is 2. The van der Waals surface area contributed by atoms with Gasteiger partial charge in [0.05, 0.1) is 40.9 Å². The Morgan fingerprint density at radius 2 is 1.90 bits per heavy atom. The van der Waals surface area contributed by atoms with Crippen LogP contribution in [0.3, 0.4) is 0 Å². The number of rotatable bonds is 5. The fraction of sp³-hybridized carbons (Fsp3) is 0.267. The van der Waals surface area contributed by atoms with Crippen molar-refractivity contribution >= 4 is 45.5 Å². The first kappa shape index (κ1) is 26.8. The van der Waals surface area contributed by atoms with Gasteiger partial charge in [0.25, 0.3) is 0 Å². The molecule has 0 spiro atoms. The van der Waals surface area contributed by atoms with Crippen LogP contribution in [-0.2, 0) is 9.47 Å². The van der Waals surface area contributed by atoms with Crippen LogP contribution in [0.1, 0.15) is 48.6 Å². The van der Waals surface area contributed by atoms with E-state index >= 15 is 0 Å². The van der Waals surface area contributed by atoms with E-state index < -0.39 is 17.7 Å². The van der Waals surface area contributed by atoms with Crippen molar-refractivity contribution in [2.24, 2.45) is 0 Å². The van der Waals surface area contributed by atoms with Crippen LogP contribution < -0.4 is 4.74 Å². The molecule has 1 unspecified atom stereocenters. The maximum atomic E-state index is 13.7. The second kappa shape index (κ2) is 10.5. The number of para-hydroxylation sites is 1. The van der Waals surface area contributed by atoms with Crippen molar-refractivity contribution in [1.82, 2.24) is 24.8 Å². The third-order valence-corrected chi connectivity index (χ3v) is 6.97. The number of benzene rings is 2. The molecule has 1 fully saturated rings. The molecule has 2 N–H and O–H groups in total. The van der Waals surface area contributed by atoms with Gasteiger partial charge in [-0.25, -0.2) is 14.8 Å². The molecule has 1 aliphatic rings. The number of ether oxygens (including phenoxy) is 3. The van der Waals surface area contributed by atoms with Crippen LogP contribution in [0.2, 0.25) is 5.02 Å². The molecule has 4 heterocycles. The second-order valence-electron chi connectivity index (χ2n) is 10.7. The average Bonchev–Trinajstić information content (AvgIpc) is 3.57. The van der Waals surface area contributed by atoms with Gasteiger partial charge in [-0.3, -0.25) is 9.69 Å². The minimum atomic E-state index is -0.641. The largest absolute Gasteiger partial charge is 0.457 e. The molecule has 0 bridgehead atoms. The number of carbonyl (C=O) groups is 2. The molecule has 3 aromatic heterocycles. The van der Waals surface area contributed by atoms with Crippen LogP contribution in [0.4, 0.5) is 4.79 Å². The lowest BCUT2D eigenvalue weighted by molar-refractivity contribution is -0.0348. The SMILES string of the molecule is CC(C)(C)OC(=O)N1CCOCC1c1nc2cnc3[nH]cc(C(=O)c4ccc(Oc5ccccc5)cc4Cl)c3c2[nH]1. The van der Waals surface area contributed by atoms with Crippen molar-refractivity contribution in [3.05, 3.63) is 82.9 Å². The molecule has 0 saturated carbocycles. The Kier molecular flexibility index (Phi) is 6.88. The lowest BCUT2D eigenvalue weighted by Crippen LogP contribution is -2.46. The number of nitrogens with zero attached hydrogens (tertiary/aromatic N) is 3. The van der Waals surface area contributed by atoms with E-state index in [9.17, 15) is 9.59 Å². The molecule has 10 nitrogen and oxygen atoms in total. The van der Waals surface area contributed by atoms with Gasteiger partial charge >= 0.3 is 6.09 Å². The summed E-state index contributed by atoms with van der Waals surface area (Å²) in [6.07, 6.45) is 2.79. The first-order valence-electron chi connectivity index (χ1n) is 13.2. The summed E-state index contributed by atoms with van der Waals surface area (Å²) >= 11 is 6.56. The van der Waals surface area contributed by atoms with Crippen LogP contribution in [0.5, 0.6) is 11.5 Å². The molecule has 0 aliphatic carbocycles. The number of fused-ring (bicyclic) bond motifs is 3. The minimum Gasteiger partial charge on any atom is -0.457 e. The number of imidazole rings is 1. The zero-order valence-electron chi connectivity index (χ0n) is 22.7. The van der Waals surface area contributed by atoms with Gasteiger partial charge in [-0.15, -0.1) is 0 Å². The standard InChI is InChI=1S/C30H28ClN5O5/c1-30(2,3)41-29(38)36-11-12-39-16-23(36)27-34-22-15-33-28-24(25(22)35-27)20(14-32-28)26(37)19-10-9-18(13-21(19)31)40-17-7-5-4-6-8-17/h4-10,13-15,23H,11-12,16H2,1-3H3,(H,32,33)(H,34,35). The maximum absolute atomic E-state index is 13.7. The molecule has 1 amide bonds. The molecule has 11 heteroatoms. The number of morpholine rings is 1. The molecule has 0 radical (unpaired) electrons.